The number of fused-ring (bicyclic) bond motifs is 2. The number of hydrogen-bond donors (Lipinski definition) is 3. The van der Waals surface area contributed by atoms with Gasteiger partial charge in [-0.1, -0.05) is 77.9 Å². The highest BCUT2D eigenvalue weighted by Gasteiger charge is 2.26. The van der Waals surface area contributed by atoms with Gasteiger partial charge in [-0.3, -0.25) is 9.59 Å². The zero-order valence-electron chi connectivity index (χ0n) is 28.9. The number of methoxy groups -OCH3 is 2. The molecular formula is C35H50Cl2O11. The minimum absolute atomic E-state index is 0.0552. The summed E-state index contributed by atoms with van der Waals surface area (Å²) in [4.78, 5) is 20.5. The van der Waals surface area contributed by atoms with E-state index in [0.29, 0.717) is 17.9 Å². The van der Waals surface area contributed by atoms with Crippen molar-refractivity contribution < 1.29 is 53.3 Å². The van der Waals surface area contributed by atoms with Gasteiger partial charge < -0.3 is 43.7 Å². The van der Waals surface area contributed by atoms with Crippen molar-refractivity contribution in [1.29, 1.82) is 0 Å². The van der Waals surface area contributed by atoms with Crippen LogP contribution in [0.5, 0.6) is 34.5 Å². The molecule has 0 aliphatic carbocycles. The SMILES string of the molecule is CC.CC.CC.COC(=O)CC(Cl)Cl.COC(=O)CC1Oc2ccccc2O1.OCCC1Oc2ccccc2O1.Oc1ccccc1O. The van der Waals surface area contributed by atoms with Gasteiger partial charge in [0.2, 0.25) is 6.29 Å². The fourth-order valence-corrected chi connectivity index (χ4v) is 3.36. The van der Waals surface area contributed by atoms with Crippen LogP contribution in [-0.4, -0.2) is 65.5 Å². The van der Waals surface area contributed by atoms with E-state index in [0.717, 1.165) is 11.5 Å². The van der Waals surface area contributed by atoms with Gasteiger partial charge in [0.25, 0.3) is 6.29 Å². The van der Waals surface area contributed by atoms with Gasteiger partial charge in [-0.15, -0.1) is 23.2 Å². The van der Waals surface area contributed by atoms with Crippen LogP contribution in [0.15, 0.2) is 72.8 Å². The van der Waals surface area contributed by atoms with Crippen molar-refractivity contribution in [3.8, 4) is 34.5 Å². The summed E-state index contributed by atoms with van der Waals surface area (Å²) < 4.78 is 30.2. The van der Waals surface area contributed by atoms with Crippen LogP contribution in [0.4, 0.5) is 0 Å². The van der Waals surface area contributed by atoms with Gasteiger partial charge in [-0.25, -0.2) is 0 Å². The van der Waals surface area contributed by atoms with E-state index in [1.807, 2.05) is 77.9 Å². The Hall–Kier alpha value is -4.06. The lowest BCUT2D eigenvalue weighted by atomic mass is 10.3. The van der Waals surface area contributed by atoms with Crippen LogP contribution in [0.3, 0.4) is 0 Å². The van der Waals surface area contributed by atoms with E-state index in [9.17, 15) is 9.59 Å². The number of alkyl halides is 2. The zero-order valence-corrected chi connectivity index (χ0v) is 30.4. The highest BCUT2D eigenvalue weighted by Crippen LogP contribution is 2.35. The van der Waals surface area contributed by atoms with Crippen LogP contribution < -0.4 is 18.9 Å². The molecular weight excluding hydrogens is 667 g/mol. The molecule has 0 radical (unpaired) electrons. The first-order chi connectivity index (χ1) is 23.2. The number of ether oxygens (including phenoxy) is 6. The molecule has 0 spiro atoms. The lowest BCUT2D eigenvalue weighted by molar-refractivity contribution is -0.145. The second-order valence-electron chi connectivity index (χ2n) is 8.18. The topological polar surface area (TPSA) is 150 Å². The van der Waals surface area contributed by atoms with Crippen molar-refractivity contribution in [3.05, 3.63) is 72.8 Å². The number of rotatable bonds is 6. The number of phenols is 2. The van der Waals surface area contributed by atoms with E-state index in [4.69, 9.17) is 57.5 Å². The smallest absolute Gasteiger partial charge is 0.313 e. The molecule has 0 amide bonds. The Bertz CT molecular complexity index is 1190. The van der Waals surface area contributed by atoms with E-state index in [1.54, 1.807) is 24.3 Å². The average molecular weight is 718 g/mol. The highest BCUT2D eigenvalue weighted by molar-refractivity contribution is 6.45. The highest BCUT2D eigenvalue weighted by atomic mass is 35.5. The fraction of sp³-hybridized carbons (Fsp3) is 0.429. The Morgan fingerprint density at radius 3 is 1.25 bits per heavy atom. The Kier molecular flexibility index (Phi) is 27.9. The summed E-state index contributed by atoms with van der Waals surface area (Å²) in [5.41, 5.74) is 0. The molecule has 3 aromatic rings. The molecule has 0 saturated carbocycles. The second-order valence-corrected chi connectivity index (χ2v) is 9.45. The van der Waals surface area contributed by atoms with E-state index in [1.165, 1.54) is 26.4 Å². The molecule has 2 aliphatic rings. The minimum Gasteiger partial charge on any atom is -0.504 e. The Labute approximate surface area is 294 Å². The molecule has 0 fully saturated rings. The van der Waals surface area contributed by atoms with Gasteiger partial charge in [0.1, 0.15) is 11.3 Å². The lowest BCUT2D eigenvalue weighted by Crippen LogP contribution is -2.22. The van der Waals surface area contributed by atoms with Crippen LogP contribution in [0.1, 0.15) is 60.8 Å². The molecule has 3 N–H and O–H groups in total. The van der Waals surface area contributed by atoms with Crippen LogP contribution in [0.2, 0.25) is 0 Å². The van der Waals surface area contributed by atoms with E-state index in [2.05, 4.69) is 9.47 Å². The predicted octanol–water partition coefficient (Wildman–Crippen LogP) is 8.04. The van der Waals surface area contributed by atoms with Gasteiger partial charge in [0.05, 0.1) is 27.2 Å². The normalized spacial score (nSPS) is 11.3. The molecule has 0 saturated heterocycles. The van der Waals surface area contributed by atoms with Crippen LogP contribution in [0, 0.1) is 0 Å². The van der Waals surface area contributed by atoms with Crippen LogP contribution >= 0.6 is 23.2 Å². The maximum absolute atomic E-state index is 10.9. The van der Waals surface area contributed by atoms with Crippen molar-refractivity contribution in [3.63, 3.8) is 0 Å². The van der Waals surface area contributed by atoms with E-state index < -0.39 is 11.1 Å². The maximum Gasteiger partial charge on any atom is 0.313 e. The molecule has 0 aromatic heterocycles. The zero-order chi connectivity index (χ0) is 36.9. The summed E-state index contributed by atoms with van der Waals surface area (Å²) in [5.74, 6) is 1.97. The third-order valence-corrected chi connectivity index (χ3v) is 5.40. The molecule has 3 aromatic carbocycles. The summed E-state index contributed by atoms with van der Waals surface area (Å²) in [6.45, 7) is 12.1. The van der Waals surface area contributed by atoms with E-state index in [-0.39, 0.29) is 49.2 Å². The van der Waals surface area contributed by atoms with Gasteiger partial charge in [0.15, 0.2) is 34.5 Å². The van der Waals surface area contributed by atoms with E-state index >= 15 is 0 Å². The first-order valence-corrected chi connectivity index (χ1v) is 16.4. The molecule has 13 heteroatoms. The quantitative estimate of drug-likeness (QED) is 0.129. The number of benzene rings is 3. The number of para-hydroxylation sites is 6. The summed E-state index contributed by atoms with van der Waals surface area (Å²) in [5, 5.41) is 26.0. The van der Waals surface area contributed by atoms with Gasteiger partial charge in [-0.2, -0.15) is 0 Å². The number of halogens is 2. The number of carbonyl (C=O) groups excluding carboxylic acids is 2. The Balaban J connectivity index is 0. The van der Waals surface area contributed by atoms with Crippen molar-refractivity contribution in [2.75, 3.05) is 20.8 Å². The van der Waals surface area contributed by atoms with Crippen molar-refractivity contribution in [2.45, 2.75) is 78.2 Å². The Morgan fingerprint density at radius 2 is 0.979 bits per heavy atom. The number of esters is 2. The standard InChI is InChI=1S/C10H10O4.C9H10O3.C6H6O2.C4H6Cl2O2.3C2H6/c1-12-9(11)6-10-13-7-4-2-3-5-8(7)14-10;10-6-5-9-11-7-3-1-2-4-8(7)12-9;7-5-3-1-2-4-6(5)8;1-8-4(7)2-3(5)6;3*1-2/h2-5,10H,6H2,1H3;1-4,9-10H,5-6H2;1-4,7-8H;3H,2H2,1H3;3*1-2H3. The van der Waals surface area contributed by atoms with Gasteiger partial charge in [-0.05, 0) is 36.4 Å². The molecule has 270 valence electrons. The van der Waals surface area contributed by atoms with Crippen LogP contribution in [-0.2, 0) is 19.1 Å². The average Bonchev–Trinajstić information content (AvgIpc) is 3.72. The monoisotopic (exact) mass is 716 g/mol. The number of aliphatic hydroxyl groups excluding tert-OH is 1. The molecule has 2 aliphatic heterocycles. The summed E-state index contributed by atoms with van der Waals surface area (Å²) in [6, 6.07) is 20.9. The number of hydrogen-bond acceptors (Lipinski definition) is 11. The molecule has 11 nitrogen and oxygen atoms in total. The Morgan fingerprint density at radius 1 is 0.646 bits per heavy atom. The molecule has 48 heavy (non-hydrogen) atoms. The largest absolute Gasteiger partial charge is 0.504 e. The third-order valence-electron chi connectivity index (χ3n) is 5.09. The number of aliphatic hydroxyl groups is 1. The summed E-state index contributed by atoms with van der Waals surface area (Å²) in [6.07, 6.45) is -0.202. The summed E-state index contributed by atoms with van der Waals surface area (Å²) in [7, 11) is 2.63. The maximum atomic E-state index is 10.9. The minimum atomic E-state index is -0.651. The van der Waals surface area contributed by atoms with Crippen molar-refractivity contribution in [1.82, 2.24) is 0 Å². The number of carbonyl (C=O) groups is 2. The fourth-order valence-electron chi connectivity index (χ4n) is 3.10. The van der Waals surface area contributed by atoms with Crippen molar-refractivity contribution in [2.24, 2.45) is 0 Å². The third kappa shape index (κ3) is 19.6. The number of phenolic OH excluding ortho intramolecular Hbond substituents is 2. The second kappa shape index (κ2) is 29.1. The molecule has 5 rings (SSSR count). The molecule has 0 atom stereocenters. The molecule has 0 bridgehead atoms. The first kappa shape index (κ1) is 46.1. The van der Waals surface area contributed by atoms with Gasteiger partial charge in [0, 0.05) is 6.42 Å². The lowest BCUT2D eigenvalue weighted by Gasteiger charge is -2.07. The first-order valence-electron chi connectivity index (χ1n) is 15.5. The number of aromatic hydroxyl groups is 2. The summed E-state index contributed by atoms with van der Waals surface area (Å²) >= 11 is 10.4. The van der Waals surface area contributed by atoms with Gasteiger partial charge >= 0.3 is 11.9 Å². The van der Waals surface area contributed by atoms with Crippen LogP contribution in [0.25, 0.3) is 0 Å². The molecule has 0 unspecified atom stereocenters. The molecule has 2 heterocycles. The van der Waals surface area contributed by atoms with Crippen molar-refractivity contribution >= 4 is 35.1 Å². The predicted molar refractivity (Wildman–Crippen MR) is 187 cm³/mol.